The van der Waals surface area contributed by atoms with Gasteiger partial charge in [0.2, 0.25) is 0 Å². The predicted molar refractivity (Wildman–Crippen MR) is 110 cm³/mol. The summed E-state index contributed by atoms with van der Waals surface area (Å²) in [6, 6.07) is 3.31. The van der Waals surface area contributed by atoms with E-state index in [2.05, 4.69) is 25.8 Å². The van der Waals surface area contributed by atoms with E-state index in [-0.39, 0.29) is 42.1 Å². The second-order valence-corrected chi connectivity index (χ2v) is 8.21. The number of allylic oxidation sites excluding steroid dienone is 2. The second kappa shape index (κ2) is 8.22. The number of amides is 2. The van der Waals surface area contributed by atoms with Crippen molar-refractivity contribution in [1.82, 2.24) is 5.01 Å². The van der Waals surface area contributed by atoms with E-state index < -0.39 is 5.97 Å². The highest BCUT2D eigenvalue weighted by molar-refractivity contribution is 9.10. The number of imide groups is 1. The van der Waals surface area contributed by atoms with Crippen molar-refractivity contribution >= 4 is 39.9 Å². The molecule has 9 heteroatoms. The van der Waals surface area contributed by atoms with E-state index in [1.807, 2.05) is 19.1 Å². The summed E-state index contributed by atoms with van der Waals surface area (Å²) in [6.45, 7) is 1.95. The summed E-state index contributed by atoms with van der Waals surface area (Å²) >= 11 is 3.43. The molecule has 2 amide bonds. The lowest BCUT2D eigenvalue weighted by atomic mass is 9.85. The van der Waals surface area contributed by atoms with Gasteiger partial charge in [0.1, 0.15) is 0 Å². The third-order valence-corrected chi connectivity index (χ3v) is 6.38. The van der Waals surface area contributed by atoms with Gasteiger partial charge in [-0.3, -0.25) is 9.59 Å². The van der Waals surface area contributed by atoms with E-state index in [1.54, 1.807) is 12.1 Å². The number of methoxy groups -OCH3 is 1. The summed E-state index contributed by atoms with van der Waals surface area (Å²) in [6.07, 6.45) is 6.41. The summed E-state index contributed by atoms with van der Waals surface area (Å²) in [5.74, 6) is -0.532. The van der Waals surface area contributed by atoms with E-state index in [0.717, 1.165) is 11.4 Å². The maximum absolute atomic E-state index is 12.8. The van der Waals surface area contributed by atoms with Crippen LogP contribution in [-0.2, 0) is 19.1 Å². The van der Waals surface area contributed by atoms with Gasteiger partial charge in [-0.1, -0.05) is 12.2 Å². The molecule has 8 nitrogen and oxygen atoms in total. The Hall–Kier alpha value is -2.68. The molecule has 1 aliphatic heterocycles. The Balaban J connectivity index is 1.55. The summed E-state index contributed by atoms with van der Waals surface area (Å²) in [5, 5.41) is 5.19. The molecule has 1 heterocycles. The molecule has 1 saturated heterocycles. The van der Waals surface area contributed by atoms with Crippen LogP contribution in [0.25, 0.3) is 0 Å². The summed E-state index contributed by atoms with van der Waals surface area (Å²) in [5.41, 5.74) is 0.600. The molecule has 158 valence electrons. The van der Waals surface area contributed by atoms with Gasteiger partial charge in [-0.2, -0.15) is 10.1 Å². The number of halogens is 1. The molecule has 0 radical (unpaired) electrons. The Kier molecular flexibility index (Phi) is 5.64. The first-order valence-electron chi connectivity index (χ1n) is 9.70. The largest absolute Gasteiger partial charge is 0.490 e. The number of esters is 1. The number of fused-ring (bicyclic) bond motifs is 5. The van der Waals surface area contributed by atoms with Crippen LogP contribution in [-0.4, -0.2) is 49.3 Å². The molecule has 0 N–H and O–H groups in total. The SMILES string of the molecule is CCOc1cc(C=NN2C(=O)[C@@H]3[C@H](C2=O)[C@H]2C=C[C@H]3C2)c(Br)cc1OCC(=O)OC. The van der Waals surface area contributed by atoms with Crippen LogP contribution in [0.2, 0.25) is 0 Å². The van der Waals surface area contributed by atoms with Crippen LogP contribution in [0.4, 0.5) is 0 Å². The molecule has 30 heavy (non-hydrogen) atoms. The van der Waals surface area contributed by atoms with Crippen molar-refractivity contribution in [3.63, 3.8) is 0 Å². The minimum atomic E-state index is -0.515. The number of hydrogen-bond acceptors (Lipinski definition) is 7. The van der Waals surface area contributed by atoms with Crippen LogP contribution in [0, 0.1) is 23.7 Å². The molecule has 2 aliphatic carbocycles. The molecular weight excluding hydrogens is 456 g/mol. The summed E-state index contributed by atoms with van der Waals surface area (Å²) < 4.78 is 16.3. The van der Waals surface area contributed by atoms with Gasteiger partial charge in [-0.15, -0.1) is 0 Å². The molecule has 2 bridgehead atoms. The molecular formula is C21H21BrN2O6. The normalized spacial score (nSPS) is 26.6. The van der Waals surface area contributed by atoms with Gasteiger partial charge in [-0.05, 0) is 53.2 Å². The lowest BCUT2D eigenvalue weighted by molar-refractivity contribution is -0.143. The Morgan fingerprint density at radius 3 is 2.40 bits per heavy atom. The molecule has 0 unspecified atom stereocenters. The molecule has 3 aliphatic rings. The number of rotatable bonds is 7. The van der Waals surface area contributed by atoms with E-state index in [9.17, 15) is 14.4 Å². The first-order chi connectivity index (χ1) is 14.4. The lowest BCUT2D eigenvalue weighted by Gasteiger charge is -2.14. The van der Waals surface area contributed by atoms with Gasteiger partial charge in [0.25, 0.3) is 11.8 Å². The van der Waals surface area contributed by atoms with Crippen LogP contribution in [0.3, 0.4) is 0 Å². The Labute approximate surface area is 182 Å². The van der Waals surface area contributed by atoms with Crippen molar-refractivity contribution in [3.05, 3.63) is 34.3 Å². The average molecular weight is 477 g/mol. The summed E-state index contributed by atoms with van der Waals surface area (Å²) in [7, 11) is 1.28. The number of carbonyl (C=O) groups is 3. The van der Waals surface area contributed by atoms with E-state index in [1.165, 1.54) is 13.3 Å². The highest BCUT2D eigenvalue weighted by Crippen LogP contribution is 2.52. The minimum Gasteiger partial charge on any atom is -0.490 e. The van der Waals surface area contributed by atoms with Gasteiger partial charge < -0.3 is 14.2 Å². The molecule has 0 spiro atoms. The molecule has 1 saturated carbocycles. The number of benzene rings is 1. The Morgan fingerprint density at radius 1 is 1.17 bits per heavy atom. The first-order valence-corrected chi connectivity index (χ1v) is 10.5. The number of nitrogens with zero attached hydrogens (tertiary/aromatic N) is 2. The van der Waals surface area contributed by atoms with Crippen molar-refractivity contribution in [1.29, 1.82) is 0 Å². The van der Waals surface area contributed by atoms with Gasteiger partial charge >= 0.3 is 5.97 Å². The van der Waals surface area contributed by atoms with Crippen LogP contribution in [0.1, 0.15) is 18.9 Å². The van der Waals surface area contributed by atoms with E-state index in [0.29, 0.717) is 28.1 Å². The number of hydrazone groups is 1. The average Bonchev–Trinajstić information content (AvgIpc) is 3.41. The van der Waals surface area contributed by atoms with Crippen molar-refractivity contribution in [3.8, 4) is 11.5 Å². The van der Waals surface area contributed by atoms with Crippen LogP contribution < -0.4 is 9.47 Å². The van der Waals surface area contributed by atoms with Crippen LogP contribution in [0.15, 0.2) is 33.9 Å². The first kappa shape index (κ1) is 20.6. The fourth-order valence-electron chi connectivity index (χ4n) is 4.35. The van der Waals surface area contributed by atoms with Crippen LogP contribution >= 0.6 is 15.9 Å². The summed E-state index contributed by atoms with van der Waals surface area (Å²) in [4.78, 5) is 36.9. The number of carbonyl (C=O) groups excluding carboxylic acids is 3. The predicted octanol–water partition coefficient (Wildman–Crippen LogP) is 2.54. The van der Waals surface area contributed by atoms with E-state index >= 15 is 0 Å². The van der Waals surface area contributed by atoms with Gasteiger partial charge in [0, 0.05) is 10.0 Å². The highest BCUT2D eigenvalue weighted by atomic mass is 79.9. The van der Waals surface area contributed by atoms with Crippen molar-refractivity contribution in [2.45, 2.75) is 13.3 Å². The third kappa shape index (κ3) is 3.51. The molecule has 4 atom stereocenters. The smallest absolute Gasteiger partial charge is 0.343 e. The number of ether oxygens (including phenoxy) is 3. The zero-order chi connectivity index (χ0) is 21.4. The highest BCUT2D eigenvalue weighted by Gasteiger charge is 2.59. The number of hydrogen-bond donors (Lipinski definition) is 0. The molecule has 2 fully saturated rings. The standard InChI is InChI=1S/C21H21BrN2O6/c1-3-29-15-7-13(14(22)8-16(15)30-10-17(25)28-2)9-23-24-20(26)18-11-4-5-12(6-11)19(18)21(24)27/h4-5,7-9,11-12,18-19H,3,6,10H2,1-2H3/t11-,12-,18-,19+/m0/s1. The molecule has 4 rings (SSSR count). The fourth-order valence-corrected chi connectivity index (χ4v) is 4.77. The van der Waals surface area contributed by atoms with Gasteiger partial charge in [0.05, 0.1) is 31.8 Å². The lowest BCUT2D eigenvalue weighted by Crippen LogP contribution is -2.28. The zero-order valence-electron chi connectivity index (χ0n) is 16.5. The Morgan fingerprint density at radius 2 is 1.80 bits per heavy atom. The Bertz CT molecular complexity index is 929. The van der Waals surface area contributed by atoms with Gasteiger partial charge in [0.15, 0.2) is 18.1 Å². The zero-order valence-corrected chi connectivity index (χ0v) is 18.1. The van der Waals surface area contributed by atoms with Crippen LogP contribution in [0.5, 0.6) is 11.5 Å². The third-order valence-electron chi connectivity index (χ3n) is 5.70. The fraction of sp³-hybridized carbons (Fsp3) is 0.429. The molecule has 1 aromatic rings. The van der Waals surface area contributed by atoms with Crippen molar-refractivity contribution < 1.29 is 28.6 Å². The maximum atomic E-state index is 12.8. The minimum absolute atomic E-state index is 0.138. The molecule has 0 aromatic heterocycles. The van der Waals surface area contributed by atoms with Crippen molar-refractivity contribution in [2.75, 3.05) is 20.3 Å². The maximum Gasteiger partial charge on any atom is 0.343 e. The second-order valence-electron chi connectivity index (χ2n) is 7.35. The monoisotopic (exact) mass is 476 g/mol. The van der Waals surface area contributed by atoms with Crippen molar-refractivity contribution in [2.24, 2.45) is 28.8 Å². The molecule has 1 aromatic carbocycles. The van der Waals surface area contributed by atoms with E-state index in [4.69, 9.17) is 9.47 Å². The quantitative estimate of drug-likeness (QED) is 0.259. The topological polar surface area (TPSA) is 94.5 Å². The van der Waals surface area contributed by atoms with Gasteiger partial charge in [-0.25, -0.2) is 4.79 Å².